The van der Waals surface area contributed by atoms with Crippen molar-refractivity contribution in [2.24, 2.45) is 0 Å². The molecule has 0 radical (unpaired) electrons. The van der Waals surface area contributed by atoms with Crippen LogP contribution in [0.5, 0.6) is 0 Å². The highest BCUT2D eigenvalue weighted by Gasteiger charge is 2.20. The van der Waals surface area contributed by atoms with Crippen molar-refractivity contribution >= 4 is 23.3 Å². The van der Waals surface area contributed by atoms with Crippen LogP contribution < -0.4 is 5.32 Å². The molecule has 0 saturated heterocycles. The average molecular weight is 293 g/mol. The molecule has 2 aromatic heterocycles. The molecule has 0 aliphatic carbocycles. The minimum Gasteiger partial charge on any atom is -0.480 e. The summed E-state index contributed by atoms with van der Waals surface area (Å²) < 4.78 is 1.07. The summed E-state index contributed by atoms with van der Waals surface area (Å²) in [5, 5.41) is 26.8. The Morgan fingerprint density at radius 1 is 1.57 bits per heavy atom. The number of anilines is 1. The van der Waals surface area contributed by atoms with Gasteiger partial charge in [0.1, 0.15) is 12.2 Å². The molecule has 0 aliphatic rings. The van der Waals surface area contributed by atoms with Gasteiger partial charge in [0, 0.05) is 6.07 Å². The van der Waals surface area contributed by atoms with Gasteiger partial charge in [0.15, 0.2) is 5.82 Å². The van der Waals surface area contributed by atoms with Crippen LogP contribution in [0, 0.1) is 10.1 Å². The van der Waals surface area contributed by atoms with Crippen LogP contribution in [0.15, 0.2) is 18.3 Å². The molecule has 0 amide bonds. The highest BCUT2D eigenvalue weighted by Crippen LogP contribution is 2.16. The third-order valence-electron chi connectivity index (χ3n) is 3.00. The Balaban J connectivity index is 2.26. The zero-order valence-electron chi connectivity index (χ0n) is 11.4. The molecule has 2 N–H and O–H groups in total. The highest BCUT2D eigenvalue weighted by molar-refractivity contribution is 5.76. The van der Waals surface area contributed by atoms with Crippen molar-refractivity contribution in [3.05, 3.63) is 28.4 Å². The quantitative estimate of drug-likeness (QED) is 0.588. The smallest absolute Gasteiger partial charge is 0.368 e. The van der Waals surface area contributed by atoms with E-state index in [1.54, 1.807) is 12.1 Å². The lowest BCUT2D eigenvalue weighted by molar-refractivity contribution is -0.391. The SMILES string of the molecule is CCCCC(Nc1ccc2ncc([N+](=O)[O-])n2n1)C(=O)O. The Kier molecular flexibility index (Phi) is 4.31. The van der Waals surface area contributed by atoms with Gasteiger partial charge in [-0.2, -0.15) is 0 Å². The van der Waals surface area contributed by atoms with Crippen LogP contribution in [0.2, 0.25) is 0 Å². The number of hydrogen-bond donors (Lipinski definition) is 2. The molecule has 0 aromatic carbocycles. The minimum absolute atomic E-state index is 0.257. The molecular formula is C12H15N5O4. The standard InChI is InChI=1S/C12H15N5O4/c1-2-3-4-8(12(18)19)14-9-5-6-10-13-7-11(17(20)21)16(10)15-9/h5-8H,2-4H2,1H3,(H,14,15)(H,18,19). The zero-order chi connectivity index (χ0) is 15.4. The summed E-state index contributed by atoms with van der Waals surface area (Å²) in [7, 11) is 0. The zero-order valence-corrected chi connectivity index (χ0v) is 11.4. The summed E-state index contributed by atoms with van der Waals surface area (Å²) in [6, 6.07) is 2.31. The van der Waals surface area contributed by atoms with Crippen molar-refractivity contribution in [1.29, 1.82) is 0 Å². The fraction of sp³-hybridized carbons (Fsp3) is 0.417. The van der Waals surface area contributed by atoms with Crippen LogP contribution in [0.25, 0.3) is 5.65 Å². The molecule has 0 bridgehead atoms. The Morgan fingerprint density at radius 2 is 2.33 bits per heavy atom. The predicted octanol–water partition coefficient (Wildman–Crippen LogP) is 1.69. The van der Waals surface area contributed by atoms with Gasteiger partial charge in [-0.05, 0) is 17.4 Å². The van der Waals surface area contributed by atoms with E-state index in [4.69, 9.17) is 5.11 Å². The number of rotatable bonds is 7. The number of imidazole rings is 1. The van der Waals surface area contributed by atoms with Gasteiger partial charge >= 0.3 is 11.8 Å². The number of unbranched alkanes of at least 4 members (excludes halogenated alkanes) is 1. The predicted molar refractivity (Wildman–Crippen MR) is 74.2 cm³/mol. The molecule has 21 heavy (non-hydrogen) atoms. The Labute approximate surface area is 119 Å². The second-order valence-electron chi connectivity index (χ2n) is 4.54. The number of aromatic nitrogens is 3. The largest absolute Gasteiger partial charge is 0.480 e. The maximum Gasteiger partial charge on any atom is 0.368 e. The van der Waals surface area contributed by atoms with Gasteiger partial charge in [0.25, 0.3) is 0 Å². The summed E-state index contributed by atoms with van der Waals surface area (Å²) in [4.78, 5) is 25.3. The monoisotopic (exact) mass is 293 g/mol. The van der Waals surface area contributed by atoms with Crippen LogP contribution in [0.4, 0.5) is 11.6 Å². The van der Waals surface area contributed by atoms with E-state index in [1.165, 1.54) is 0 Å². The fourth-order valence-electron chi connectivity index (χ4n) is 1.91. The molecule has 2 heterocycles. The molecular weight excluding hydrogens is 278 g/mol. The van der Waals surface area contributed by atoms with Gasteiger partial charge in [-0.3, -0.25) is 0 Å². The molecule has 9 heteroatoms. The van der Waals surface area contributed by atoms with Gasteiger partial charge < -0.3 is 20.5 Å². The van der Waals surface area contributed by atoms with Crippen LogP contribution in [0.3, 0.4) is 0 Å². The van der Waals surface area contributed by atoms with Gasteiger partial charge in [0.2, 0.25) is 5.65 Å². The summed E-state index contributed by atoms with van der Waals surface area (Å²) in [5.74, 6) is -0.994. The Hall–Kier alpha value is -2.71. The van der Waals surface area contributed by atoms with Crippen molar-refractivity contribution < 1.29 is 14.8 Å². The average Bonchev–Trinajstić information content (AvgIpc) is 2.86. The number of carboxylic acid groups (broad SMARTS) is 1. The van der Waals surface area contributed by atoms with Crippen LogP contribution >= 0.6 is 0 Å². The van der Waals surface area contributed by atoms with Crippen molar-refractivity contribution in [2.75, 3.05) is 5.32 Å². The lowest BCUT2D eigenvalue weighted by Gasteiger charge is -2.13. The normalized spacial score (nSPS) is 12.2. The number of nitrogens with zero attached hydrogens (tertiary/aromatic N) is 4. The summed E-state index contributed by atoms with van der Waals surface area (Å²) in [6.07, 6.45) is 3.21. The Bertz CT molecular complexity index is 669. The number of fused-ring (bicyclic) bond motifs is 1. The van der Waals surface area contributed by atoms with E-state index < -0.39 is 16.9 Å². The third-order valence-corrected chi connectivity index (χ3v) is 3.00. The number of nitro groups is 1. The molecule has 1 unspecified atom stereocenters. The maximum absolute atomic E-state index is 11.2. The molecule has 0 spiro atoms. The van der Waals surface area contributed by atoms with Crippen molar-refractivity contribution in [3.8, 4) is 0 Å². The molecule has 0 saturated carbocycles. The minimum atomic E-state index is -0.981. The third kappa shape index (κ3) is 3.25. The second-order valence-corrected chi connectivity index (χ2v) is 4.54. The molecule has 1 atom stereocenters. The maximum atomic E-state index is 11.2. The van der Waals surface area contributed by atoms with E-state index in [-0.39, 0.29) is 11.6 Å². The van der Waals surface area contributed by atoms with Gasteiger partial charge in [-0.1, -0.05) is 29.4 Å². The number of carbonyl (C=O) groups is 1. The van der Waals surface area contributed by atoms with E-state index in [2.05, 4.69) is 15.4 Å². The molecule has 2 rings (SSSR count). The number of aliphatic carboxylic acids is 1. The Morgan fingerprint density at radius 3 is 2.95 bits per heavy atom. The van der Waals surface area contributed by atoms with Crippen LogP contribution in [0.1, 0.15) is 26.2 Å². The number of nitrogens with one attached hydrogen (secondary N) is 1. The van der Waals surface area contributed by atoms with Gasteiger partial charge in [-0.15, -0.1) is 0 Å². The topological polar surface area (TPSA) is 123 Å². The highest BCUT2D eigenvalue weighted by atomic mass is 16.6. The summed E-state index contributed by atoms with van der Waals surface area (Å²) in [6.45, 7) is 1.97. The van der Waals surface area contributed by atoms with E-state index in [9.17, 15) is 14.9 Å². The van der Waals surface area contributed by atoms with E-state index >= 15 is 0 Å². The van der Waals surface area contributed by atoms with Gasteiger partial charge in [-0.25, -0.2) is 9.78 Å². The van der Waals surface area contributed by atoms with E-state index in [0.29, 0.717) is 12.1 Å². The number of hydrogen-bond acceptors (Lipinski definition) is 6. The first-order chi connectivity index (χ1) is 10.0. The van der Waals surface area contributed by atoms with Crippen molar-refractivity contribution in [1.82, 2.24) is 14.6 Å². The second kappa shape index (κ2) is 6.16. The molecule has 9 nitrogen and oxygen atoms in total. The molecule has 2 aromatic rings. The number of carboxylic acids is 1. The first-order valence-corrected chi connectivity index (χ1v) is 6.51. The van der Waals surface area contributed by atoms with Crippen LogP contribution in [-0.4, -0.2) is 36.6 Å². The van der Waals surface area contributed by atoms with Crippen molar-refractivity contribution in [2.45, 2.75) is 32.2 Å². The van der Waals surface area contributed by atoms with Crippen molar-refractivity contribution in [3.63, 3.8) is 0 Å². The first kappa shape index (κ1) is 14.7. The summed E-state index contributed by atoms with van der Waals surface area (Å²) in [5.41, 5.74) is 0.327. The van der Waals surface area contributed by atoms with E-state index in [0.717, 1.165) is 23.6 Å². The molecule has 0 fully saturated rings. The van der Waals surface area contributed by atoms with Crippen LogP contribution in [-0.2, 0) is 4.79 Å². The van der Waals surface area contributed by atoms with Gasteiger partial charge in [0.05, 0.1) is 0 Å². The lowest BCUT2D eigenvalue weighted by atomic mass is 10.1. The summed E-state index contributed by atoms with van der Waals surface area (Å²) >= 11 is 0. The lowest BCUT2D eigenvalue weighted by Crippen LogP contribution is -2.29. The first-order valence-electron chi connectivity index (χ1n) is 6.51. The molecule has 0 aliphatic heterocycles. The fourth-order valence-corrected chi connectivity index (χ4v) is 1.91. The van der Waals surface area contributed by atoms with E-state index in [1.807, 2.05) is 6.92 Å². The molecule has 112 valence electrons.